The summed E-state index contributed by atoms with van der Waals surface area (Å²) in [5.41, 5.74) is 0.0298. The zero-order chi connectivity index (χ0) is 28.4. The molecule has 0 spiro atoms. The SMILES string of the molecule is C#CC[C@@H]1C[C@@H](CN2CCN(C(C)(C)c3ncc(-c4ccc(Cl)cc4)o3)C[C@H]2C(=O)NCC(F)(F)F)OC1O. The fraction of sp³-hybridized carbons (Fsp3) is 0.556. The number of oxazole rings is 1. The molecule has 212 valence electrons. The minimum atomic E-state index is -4.54. The maximum atomic E-state index is 13.0. The number of carbonyl (C=O) groups is 1. The second-order valence-corrected chi connectivity index (χ2v) is 10.9. The lowest BCUT2D eigenvalue weighted by Crippen LogP contribution is -2.63. The van der Waals surface area contributed by atoms with Crippen LogP contribution in [0.5, 0.6) is 0 Å². The predicted octanol–water partition coefficient (Wildman–Crippen LogP) is 3.64. The third kappa shape index (κ3) is 7.13. The second-order valence-electron chi connectivity index (χ2n) is 10.4. The molecule has 1 amide bonds. The van der Waals surface area contributed by atoms with Gasteiger partial charge in [-0.15, -0.1) is 12.3 Å². The number of halogens is 4. The Labute approximate surface area is 230 Å². The third-order valence-electron chi connectivity index (χ3n) is 7.32. The van der Waals surface area contributed by atoms with Gasteiger partial charge in [-0.25, -0.2) is 4.98 Å². The lowest BCUT2D eigenvalue weighted by molar-refractivity contribution is -0.146. The zero-order valence-corrected chi connectivity index (χ0v) is 22.5. The van der Waals surface area contributed by atoms with Gasteiger partial charge in [0, 0.05) is 49.1 Å². The molecule has 4 atom stereocenters. The van der Waals surface area contributed by atoms with Crippen LogP contribution >= 0.6 is 11.6 Å². The summed E-state index contributed by atoms with van der Waals surface area (Å²) in [5, 5.41) is 12.8. The van der Waals surface area contributed by atoms with Gasteiger partial charge >= 0.3 is 6.18 Å². The summed E-state index contributed by atoms with van der Waals surface area (Å²) >= 11 is 5.98. The Morgan fingerprint density at radius 3 is 2.67 bits per heavy atom. The number of carbonyl (C=O) groups excluding carboxylic acids is 1. The number of benzene rings is 1. The van der Waals surface area contributed by atoms with Crippen molar-refractivity contribution in [1.29, 1.82) is 0 Å². The van der Waals surface area contributed by atoms with Crippen LogP contribution in [0.1, 0.15) is 32.6 Å². The van der Waals surface area contributed by atoms with E-state index < -0.39 is 42.6 Å². The fourth-order valence-electron chi connectivity index (χ4n) is 5.07. The van der Waals surface area contributed by atoms with Crippen LogP contribution in [-0.4, -0.2) is 83.1 Å². The lowest BCUT2D eigenvalue weighted by Gasteiger charge is -2.46. The van der Waals surface area contributed by atoms with Crippen LogP contribution < -0.4 is 5.32 Å². The van der Waals surface area contributed by atoms with Crippen molar-refractivity contribution in [2.75, 3.05) is 32.7 Å². The zero-order valence-electron chi connectivity index (χ0n) is 21.7. The molecule has 0 bridgehead atoms. The van der Waals surface area contributed by atoms with Gasteiger partial charge in [-0.1, -0.05) is 11.6 Å². The number of terminal acetylenes is 1. The van der Waals surface area contributed by atoms with Crippen LogP contribution in [0.15, 0.2) is 34.9 Å². The van der Waals surface area contributed by atoms with Crippen molar-refractivity contribution in [1.82, 2.24) is 20.1 Å². The molecule has 39 heavy (non-hydrogen) atoms. The van der Waals surface area contributed by atoms with E-state index >= 15 is 0 Å². The first-order chi connectivity index (χ1) is 18.4. The number of nitrogens with zero attached hydrogens (tertiary/aromatic N) is 3. The maximum absolute atomic E-state index is 13.0. The van der Waals surface area contributed by atoms with Gasteiger partial charge in [-0.05, 0) is 44.5 Å². The average molecular weight is 569 g/mol. The van der Waals surface area contributed by atoms with Crippen LogP contribution in [0.2, 0.25) is 5.02 Å². The monoisotopic (exact) mass is 568 g/mol. The molecule has 0 aliphatic carbocycles. The Kier molecular flexibility index (Phi) is 8.93. The van der Waals surface area contributed by atoms with E-state index in [1.807, 2.05) is 41.1 Å². The molecule has 2 saturated heterocycles. The minimum absolute atomic E-state index is 0.137. The molecule has 2 fully saturated rings. The smallest absolute Gasteiger partial charge is 0.405 e. The number of amides is 1. The van der Waals surface area contributed by atoms with Gasteiger partial charge in [0.25, 0.3) is 0 Å². The summed E-state index contributed by atoms with van der Waals surface area (Å²) < 4.78 is 50.4. The van der Waals surface area contributed by atoms with Gasteiger partial charge in [0.1, 0.15) is 12.6 Å². The molecule has 0 saturated carbocycles. The van der Waals surface area contributed by atoms with Crippen molar-refractivity contribution in [3.05, 3.63) is 41.4 Å². The number of aliphatic hydroxyl groups is 1. The predicted molar refractivity (Wildman–Crippen MR) is 138 cm³/mol. The highest BCUT2D eigenvalue weighted by Crippen LogP contribution is 2.34. The average Bonchev–Trinajstić information content (AvgIpc) is 3.50. The van der Waals surface area contributed by atoms with Gasteiger partial charge < -0.3 is 19.6 Å². The first-order valence-electron chi connectivity index (χ1n) is 12.7. The highest BCUT2D eigenvalue weighted by atomic mass is 35.5. The molecule has 2 aromatic rings. The van der Waals surface area contributed by atoms with Crippen LogP contribution in [0.25, 0.3) is 11.3 Å². The van der Waals surface area contributed by atoms with E-state index in [2.05, 4.69) is 10.9 Å². The molecule has 1 aromatic carbocycles. The van der Waals surface area contributed by atoms with Crippen LogP contribution in [0, 0.1) is 18.3 Å². The molecule has 12 heteroatoms. The summed E-state index contributed by atoms with van der Waals surface area (Å²) in [6.45, 7) is 3.66. The molecular weight excluding hydrogens is 537 g/mol. The van der Waals surface area contributed by atoms with Crippen molar-refractivity contribution in [2.24, 2.45) is 5.92 Å². The number of piperazine rings is 1. The number of hydrogen-bond acceptors (Lipinski definition) is 7. The highest BCUT2D eigenvalue weighted by Gasteiger charge is 2.44. The molecule has 0 radical (unpaired) electrons. The molecule has 1 unspecified atom stereocenters. The summed E-state index contributed by atoms with van der Waals surface area (Å²) in [5.74, 6) is 2.52. The number of aliphatic hydroxyl groups excluding tert-OH is 1. The Morgan fingerprint density at radius 2 is 2.00 bits per heavy atom. The summed E-state index contributed by atoms with van der Waals surface area (Å²) in [4.78, 5) is 21.3. The standard InChI is InChI=1S/C27H32ClF3N4O4/c1-4-5-18-12-20(38-24(18)37)14-34-10-11-35(15-21(34)23(36)33-16-27(29,30)31)26(2,3)25-32-13-22(39-25)17-6-8-19(28)9-7-17/h1,6-9,13,18,20-21,24,37H,5,10-12,14-16H2,2-3H3,(H,33,36)/t18-,20+,21+,24?/m1/s1. The van der Waals surface area contributed by atoms with Gasteiger partial charge in [-0.2, -0.15) is 13.2 Å². The number of rotatable bonds is 8. The molecule has 3 heterocycles. The Hall–Kier alpha value is -2.62. The first kappa shape index (κ1) is 29.4. The van der Waals surface area contributed by atoms with Crippen molar-refractivity contribution in [2.45, 2.75) is 56.8 Å². The molecule has 2 aliphatic rings. The number of nitrogens with one attached hydrogen (secondary N) is 1. The van der Waals surface area contributed by atoms with E-state index in [4.69, 9.17) is 27.2 Å². The Morgan fingerprint density at radius 1 is 1.28 bits per heavy atom. The van der Waals surface area contributed by atoms with E-state index in [0.29, 0.717) is 42.6 Å². The van der Waals surface area contributed by atoms with Crippen molar-refractivity contribution < 1.29 is 32.2 Å². The largest absolute Gasteiger partial charge is 0.439 e. The van der Waals surface area contributed by atoms with E-state index in [-0.39, 0.29) is 19.0 Å². The maximum Gasteiger partial charge on any atom is 0.405 e. The van der Waals surface area contributed by atoms with Gasteiger partial charge in [0.2, 0.25) is 11.8 Å². The topological polar surface area (TPSA) is 91.1 Å². The molecular formula is C27H32ClF3N4O4. The highest BCUT2D eigenvalue weighted by molar-refractivity contribution is 6.30. The number of aromatic nitrogens is 1. The number of alkyl halides is 3. The second kappa shape index (κ2) is 11.9. The van der Waals surface area contributed by atoms with E-state index in [1.165, 1.54) is 0 Å². The van der Waals surface area contributed by atoms with Crippen LogP contribution in [0.4, 0.5) is 13.2 Å². The number of ether oxygens (including phenoxy) is 1. The summed E-state index contributed by atoms with van der Waals surface area (Å²) in [6.07, 6.45) is 1.89. The van der Waals surface area contributed by atoms with E-state index in [1.54, 1.807) is 18.3 Å². The molecule has 2 N–H and O–H groups in total. The first-order valence-corrected chi connectivity index (χ1v) is 13.1. The van der Waals surface area contributed by atoms with Crippen molar-refractivity contribution in [3.63, 3.8) is 0 Å². The molecule has 4 rings (SSSR count). The lowest BCUT2D eigenvalue weighted by atomic mass is 9.97. The quantitative estimate of drug-likeness (QED) is 0.470. The van der Waals surface area contributed by atoms with E-state index in [0.717, 1.165) is 5.56 Å². The van der Waals surface area contributed by atoms with Gasteiger partial charge in [0.15, 0.2) is 12.1 Å². The van der Waals surface area contributed by atoms with Crippen LogP contribution in [-0.2, 0) is 15.1 Å². The molecule has 1 aromatic heterocycles. The van der Waals surface area contributed by atoms with Crippen LogP contribution in [0.3, 0.4) is 0 Å². The molecule has 8 nitrogen and oxygen atoms in total. The Balaban J connectivity index is 1.50. The van der Waals surface area contributed by atoms with Crippen molar-refractivity contribution in [3.8, 4) is 23.7 Å². The van der Waals surface area contributed by atoms with Gasteiger partial charge in [-0.3, -0.25) is 14.6 Å². The molecule has 2 aliphatic heterocycles. The third-order valence-corrected chi connectivity index (χ3v) is 7.58. The summed E-state index contributed by atoms with van der Waals surface area (Å²) in [7, 11) is 0. The summed E-state index contributed by atoms with van der Waals surface area (Å²) in [6, 6.07) is 6.23. The van der Waals surface area contributed by atoms with Gasteiger partial charge in [0.05, 0.1) is 17.8 Å². The number of hydrogen-bond donors (Lipinski definition) is 2. The van der Waals surface area contributed by atoms with E-state index in [9.17, 15) is 23.1 Å². The normalized spacial score (nSPS) is 25.0. The fourth-order valence-corrected chi connectivity index (χ4v) is 5.20. The minimum Gasteiger partial charge on any atom is -0.439 e. The van der Waals surface area contributed by atoms with Crippen molar-refractivity contribution >= 4 is 17.5 Å². The Bertz CT molecular complexity index is 1180.